The maximum absolute atomic E-state index is 5.72. The minimum atomic E-state index is 0.504. The van der Waals surface area contributed by atoms with Crippen LogP contribution in [0, 0.1) is 3.57 Å². The van der Waals surface area contributed by atoms with Gasteiger partial charge in [-0.15, -0.1) is 0 Å². The van der Waals surface area contributed by atoms with E-state index >= 15 is 0 Å². The van der Waals surface area contributed by atoms with E-state index in [1.54, 1.807) is 7.11 Å². The molecule has 1 aromatic rings. The van der Waals surface area contributed by atoms with Gasteiger partial charge in [-0.2, -0.15) is 0 Å². The highest BCUT2D eigenvalue weighted by Gasteiger charge is 2.05. The molecule has 0 spiro atoms. The standard InChI is InChI=1S/C8H11IN2O/c1-12-8-6(9)2-5(4-10)3-7(8)11/h2-3H,4,10-11H2,1H3. The summed E-state index contributed by atoms with van der Waals surface area (Å²) in [4.78, 5) is 0. The van der Waals surface area contributed by atoms with Gasteiger partial charge >= 0.3 is 0 Å². The molecule has 0 bridgehead atoms. The van der Waals surface area contributed by atoms with Crippen molar-refractivity contribution < 1.29 is 4.74 Å². The fourth-order valence-corrected chi connectivity index (χ4v) is 1.94. The number of nitrogens with two attached hydrogens (primary N) is 2. The SMILES string of the molecule is COc1c(N)cc(CN)cc1I. The molecule has 0 aliphatic heterocycles. The molecule has 0 saturated heterocycles. The summed E-state index contributed by atoms with van der Waals surface area (Å²) in [6, 6.07) is 3.80. The highest BCUT2D eigenvalue weighted by Crippen LogP contribution is 2.28. The molecular weight excluding hydrogens is 267 g/mol. The summed E-state index contributed by atoms with van der Waals surface area (Å²) in [5.74, 6) is 0.729. The number of hydrogen-bond acceptors (Lipinski definition) is 3. The number of rotatable bonds is 2. The Bertz CT molecular complexity index is 265. The third kappa shape index (κ3) is 1.81. The number of methoxy groups -OCH3 is 1. The average Bonchev–Trinajstić information content (AvgIpc) is 2.03. The molecule has 3 nitrogen and oxygen atoms in total. The van der Waals surface area contributed by atoms with E-state index in [1.165, 1.54) is 0 Å². The Hall–Kier alpha value is -0.490. The van der Waals surface area contributed by atoms with E-state index in [2.05, 4.69) is 22.6 Å². The lowest BCUT2D eigenvalue weighted by atomic mass is 10.2. The van der Waals surface area contributed by atoms with Crippen LogP contribution in [0.5, 0.6) is 5.75 Å². The quantitative estimate of drug-likeness (QED) is 0.634. The van der Waals surface area contributed by atoms with Crippen LogP contribution in [0.15, 0.2) is 12.1 Å². The Morgan fingerprint density at radius 1 is 1.50 bits per heavy atom. The first kappa shape index (κ1) is 9.60. The van der Waals surface area contributed by atoms with Gasteiger partial charge < -0.3 is 16.2 Å². The lowest BCUT2D eigenvalue weighted by Crippen LogP contribution is -2.01. The fourth-order valence-electron chi connectivity index (χ4n) is 1.01. The molecule has 1 rings (SSSR count). The van der Waals surface area contributed by atoms with E-state index in [-0.39, 0.29) is 0 Å². The van der Waals surface area contributed by atoms with Gasteiger partial charge in [-0.05, 0) is 40.3 Å². The number of benzene rings is 1. The van der Waals surface area contributed by atoms with Crippen molar-refractivity contribution in [3.8, 4) is 5.75 Å². The van der Waals surface area contributed by atoms with Gasteiger partial charge in [-0.3, -0.25) is 0 Å². The van der Waals surface area contributed by atoms with Crippen LogP contribution < -0.4 is 16.2 Å². The molecular formula is C8H11IN2O. The monoisotopic (exact) mass is 278 g/mol. The van der Waals surface area contributed by atoms with Crippen molar-refractivity contribution >= 4 is 28.3 Å². The second-order valence-corrected chi connectivity index (χ2v) is 3.57. The molecule has 0 fully saturated rings. The summed E-state index contributed by atoms with van der Waals surface area (Å²) in [7, 11) is 1.61. The second kappa shape index (κ2) is 3.95. The first-order chi connectivity index (χ1) is 5.69. The van der Waals surface area contributed by atoms with E-state index in [1.807, 2.05) is 12.1 Å². The lowest BCUT2D eigenvalue weighted by molar-refractivity contribution is 0.414. The Balaban J connectivity index is 3.18. The minimum absolute atomic E-state index is 0.504. The summed E-state index contributed by atoms with van der Waals surface area (Å²) in [6.45, 7) is 0.504. The molecule has 0 amide bonds. The molecule has 4 N–H and O–H groups in total. The summed E-state index contributed by atoms with van der Waals surface area (Å²) < 4.78 is 6.10. The minimum Gasteiger partial charge on any atom is -0.493 e. The van der Waals surface area contributed by atoms with Crippen LogP contribution in [0.2, 0.25) is 0 Å². The van der Waals surface area contributed by atoms with Gasteiger partial charge in [0.2, 0.25) is 0 Å². The largest absolute Gasteiger partial charge is 0.493 e. The zero-order chi connectivity index (χ0) is 9.14. The van der Waals surface area contributed by atoms with E-state index in [0.717, 1.165) is 14.9 Å². The predicted molar refractivity (Wildman–Crippen MR) is 58.0 cm³/mol. The summed E-state index contributed by atoms with van der Waals surface area (Å²) in [5, 5.41) is 0. The van der Waals surface area contributed by atoms with Gasteiger partial charge in [-0.1, -0.05) is 0 Å². The van der Waals surface area contributed by atoms with Crippen LogP contribution in [0.1, 0.15) is 5.56 Å². The molecule has 1 aromatic carbocycles. The first-order valence-corrected chi connectivity index (χ1v) is 4.59. The number of ether oxygens (including phenoxy) is 1. The molecule has 0 atom stereocenters. The van der Waals surface area contributed by atoms with Crippen molar-refractivity contribution in [2.45, 2.75) is 6.54 Å². The van der Waals surface area contributed by atoms with Crippen molar-refractivity contribution in [3.63, 3.8) is 0 Å². The zero-order valence-electron chi connectivity index (χ0n) is 6.80. The average molecular weight is 278 g/mol. The second-order valence-electron chi connectivity index (χ2n) is 2.40. The third-order valence-corrected chi connectivity index (χ3v) is 2.37. The Morgan fingerprint density at radius 3 is 2.58 bits per heavy atom. The molecule has 4 heteroatoms. The van der Waals surface area contributed by atoms with Crippen LogP contribution in [0.25, 0.3) is 0 Å². The number of hydrogen-bond donors (Lipinski definition) is 2. The van der Waals surface area contributed by atoms with Crippen LogP contribution in [0.3, 0.4) is 0 Å². The Labute approximate surface area is 85.2 Å². The highest BCUT2D eigenvalue weighted by molar-refractivity contribution is 14.1. The molecule has 0 unspecified atom stereocenters. The van der Waals surface area contributed by atoms with Gasteiger partial charge in [0, 0.05) is 6.54 Å². The van der Waals surface area contributed by atoms with Crippen molar-refractivity contribution in [2.75, 3.05) is 12.8 Å². The number of anilines is 1. The van der Waals surface area contributed by atoms with Crippen molar-refractivity contribution in [1.29, 1.82) is 0 Å². The van der Waals surface area contributed by atoms with E-state index in [0.29, 0.717) is 12.2 Å². The van der Waals surface area contributed by atoms with E-state index in [9.17, 15) is 0 Å². The van der Waals surface area contributed by atoms with Crippen LogP contribution in [0.4, 0.5) is 5.69 Å². The van der Waals surface area contributed by atoms with Crippen molar-refractivity contribution in [1.82, 2.24) is 0 Å². The predicted octanol–water partition coefficient (Wildman–Crippen LogP) is 1.34. The number of nitrogen functional groups attached to an aromatic ring is 1. The van der Waals surface area contributed by atoms with Crippen LogP contribution >= 0.6 is 22.6 Å². The van der Waals surface area contributed by atoms with Gasteiger partial charge in [0.05, 0.1) is 16.4 Å². The Kier molecular flexibility index (Phi) is 3.16. The fraction of sp³-hybridized carbons (Fsp3) is 0.250. The van der Waals surface area contributed by atoms with Gasteiger partial charge in [0.15, 0.2) is 5.75 Å². The Morgan fingerprint density at radius 2 is 2.17 bits per heavy atom. The molecule has 0 aromatic heterocycles. The zero-order valence-corrected chi connectivity index (χ0v) is 8.96. The lowest BCUT2D eigenvalue weighted by Gasteiger charge is -2.08. The molecule has 0 heterocycles. The summed E-state index contributed by atoms with van der Waals surface area (Å²) in [6.07, 6.45) is 0. The smallest absolute Gasteiger partial charge is 0.155 e. The van der Waals surface area contributed by atoms with Gasteiger partial charge in [0.1, 0.15) is 0 Å². The molecule has 66 valence electrons. The molecule has 0 aliphatic carbocycles. The topological polar surface area (TPSA) is 61.3 Å². The highest BCUT2D eigenvalue weighted by atomic mass is 127. The van der Waals surface area contributed by atoms with E-state index in [4.69, 9.17) is 16.2 Å². The van der Waals surface area contributed by atoms with Gasteiger partial charge in [0.25, 0.3) is 0 Å². The third-order valence-electron chi connectivity index (χ3n) is 1.57. The summed E-state index contributed by atoms with van der Waals surface area (Å²) in [5.41, 5.74) is 12.9. The molecule has 0 aliphatic rings. The molecule has 12 heavy (non-hydrogen) atoms. The molecule has 0 radical (unpaired) electrons. The van der Waals surface area contributed by atoms with Crippen molar-refractivity contribution in [2.24, 2.45) is 5.73 Å². The summed E-state index contributed by atoms with van der Waals surface area (Å²) >= 11 is 2.17. The first-order valence-electron chi connectivity index (χ1n) is 3.51. The van der Waals surface area contributed by atoms with Crippen LogP contribution in [-0.4, -0.2) is 7.11 Å². The van der Waals surface area contributed by atoms with E-state index < -0.39 is 0 Å². The molecule has 0 saturated carbocycles. The maximum Gasteiger partial charge on any atom is 0.155 e. The normalized spacial score (nSPS) is 9.92. The number of halogens is 1. The maximum atomic E-state index is 5.72. The van der Waals surface area contributed by atoms with Crippen LogP contribution in [-0.2, 0) is 6.54 Å². The van der Waals surface area contributed by atoms with Crippen molar-refractivity contribution in [3.05, 3.63) is 21.3 Å². The van der Waals surface area contributed by atoms with Gasteiger partial charge in [-0.25, -0.2) is 0 Å².